The highest BCUT2D eigenvalue weighted by atomic mass is 32.2. The van der Waals surface area contributed by atoms with Crippen molar-refractivity contribution >= 4 is 40.0 Å². The monoisotopic (exact) mass is 528 g/mol. The molecule has 2 aromatic rings. The zero-order chi connectivity index (χ0) is 24.9. The molecule has 0 aromatic carbocycles. The maximum atomic E-state index is 12.9. The van der Waals surface area contributed by atoms with Crippen LogP contribution >= 0.6 is 23.1 Å². The highest BCUT2D eigenvalue weighted by Gasteiger charge is 2.51. The summed E-state index contributed by atoms with van der Waals surface area (Å²) in [4.78, 5) is 26.7. The summed E-state index contributed by atoms with van der Waals surface area (Å²) in [5.74, 6) is 3.55. The Bertz CT molecular complexity index is 1130. The van der Waals surface area contributed by atoms with Gasteiger partial charge in [-0.25, -0.2) is 4.79 Å². The lowest BCUT2D eigenvalue weighted by molar-refractivity contribution is -0.113. The Labute approximate surface area is 221 Å². The Balaban J connectivity index is 1.11. The summed E-state index contributed by atoms with van der Waals surface area (Å²) in [6.07, 6.45) is 14.6. The number of carbonyl (C=O) groups is 2. The maximum Gasteiger partial charge on any atom is 0.341 e. The number of rotatable bonds is 7. The van der Waals surface area contributed by atoms with E-state index < -0.39 is 0 Å². The predicted octanol–water partition coefficient (Wildman–Crippen LogP) is 5.42. The zero-order valence-electron chi connectivity index (χ0n) is 21.3. The van der Waals surface area contributed by atoms with Crippen LogP contribution in [0.2, 0.25) is 0 Å². The van der Waals surface area contributed by atoms with Crippen LogP contribution in [0.3, 0.4) is 0 Å². The van der Waals surface area contributed by atoms with Crippen molar-refractivity contribution in [3.8, 4) is 0 Å². The standard InChI is InChI=1S/C27H36N4O3S2/c1-31-21(14-27-11-16-8-17(12-27)10-18(9-16)13-27)29-30-26(31)35-15-22(32)28-24-23(25(33)34-2)19-6-4-3-5-7-20(19)36-24/h16-18H,3-15H2,1-2H3,(H,28,32). The molecule has 2 aromatic heterocycles. The first-order valence-electron chi connectivity index (χ1n) is 13.5. The maximum absolute atomic E-state index is 12.9. The number of amides is 1. The van der Waals surface area contributed by atoms with E-state index in [4.69, 9.17) is 4.74 Å². The number of hydrogen-bond acceptors (Lipinski definition) is 7. The summed E-state index contributed by atoms with van der Waals surface area (Å²) in [5, 5.41) is 13.4. The number of aromatic nitrogens is 3. The van der Waals surface area contributed by atoms with Gasteiger partial charge in [0.05, 0.1) is 18.4 Å². The van der Waals surface area contributed by atoms with E-state index in [1.54, 1.807) is 0 Å². The van der Waals surface area contributed by atoms with Crippen LogP contribution in [0, 0.1) is 23.2 Å². The van der Waals surface area contributed by atoms with Crippen molar-refractivity contribution in [2.24, 2.45) is 30.2 Å². The van der Waals surface area contributed by atoms with Gasteiger partial charge in [-0.2, -0.15) is 0 Å². The van der Waals surface area contributed by atoms with Gasteiger partial charge >= 0.3 is 5.97 Å². The Morgan fingerprint density at radius 2 is 1.78 bits per heavy atom. The van der Waals surface area contributed by atoms with Crippen molar-refractivity contribution in [1.29, 1.82) is 0 Å². The lowest BCUT2D eigenvalue weighted by Gasteiger charge is -2.56. The first-order chi connectivity index (χ1) is 17.4. The summed E-state index contributed by atoms with van der Waals surface area (Å²) in [7, 11) is 3.43. The third kappa shape index (κ3) is 4.62. The fraction of sp³-hybridized carbons (Fsp3) is 0.704. The smallest absolute Gasteiger partial charge is 0.341 e. The third-order valence-electron chi connectivity index (χ3n) is 9.02. The van der Waals surface area contributed by atoms with Crippen LogP contribution in [-0.2, 0) is 35.8 Å². The van der Waals surface area contributed by atoms with E-state index in [1.165, 1.54) is 80.0 Å². The summed E-state index contributed by atoms with van der Waals surface area (Å²) in [5.41, 5.74) is 2.03. The Morgan fingerprint density at radius 1 is 1.08 bits per heavy atom. The Hall–Kier alpha value is -1.87. The van der Waals surface area contributed by atoms with Gasteiger partial charge < -0.3 is 14.6 Å². The van der Waals surface area contributed by atoms with Crippen molar-refractivity contribution < 1.29 is 14.3 Å². The van der Waals surface area contributed by atoms with Crippen molar-refractivity contribution in [3.63, 3.8) is 0 Å². The summed E-state index contributed by atoms with van der Waals surface area (Å²) >= 11 is 2.94. The number of thioether (sulfide) groups is 1. The molecule has 4 bridgehead atoms. The first-order valence-corrected chi connectivity index (χ1v) is 15.3. The number of esters is 1. The van der Waals surface area contributed by atoms with Gasteiger partial charge in [0.15, 0.2) is 5.16 Å². The van der Waals surface area contributed by atoms with E-state index in [2.05, 4.69) is 20.1 Å². The number of carbonyl (C=O) groups excluding carboxylic acids is 2. The van der Waals surface area contributed by atoms with E-state index in [0.717, 1.165) is 66.4 Å². The number of anilines is 1. The van der Waals surface area contributed by atoms with Crippen molar-refractivity contribution in [1.82, 2.24) is 14.8 Å². The minimum Gasteiger partial charge on any atom is -0.465 e. The molecule has 194 valence electrons. The molecule has 0 saturated heterocycles. The molecule has 1 N–H and O–H groups in total. The number of nitrogens with zero attached hydrogens (tertiary/aromatic N) is 3. The number of nitrogens with one attached hydrogen (secondary N) is 1. The largest absolute Gasteiger partial charge is 0.465 e. The van der Waals surface area contributed by atoms with E-state index >= 15 is 0 Å². The zero-order valence-corrected chi connectivity index (χ0v) is 22.9. The third-order valence-corrected chi connectivity index (χ3v) is 11.2. The van der Waals surface area contributed by atoms with Crippen LogP contribution in [-0.4, -0.2) is 39.5 Å². The predicted molar refractivity (Wildman–Crippen MR) is 142 cm³/mol. The van der Waals surface area contributed by atoms with Crippen molar-refractivity contribution in [3.05, 3.63) is 21.8 Å². The van der Waals surface area contributed by atoms with Gasteiger partial charge in [0.2, 0.25) is 5.91 Å². The average Bonchev–Trinajstić information content (AvgIpc) is 3.25. The topological polar surface area (TPSA) is 86.1 Å². The summed E-state index contributed by atoms with van der Waals surface area (Å²) in [6, 6.07) is 0. The Morgan fingerprint density at radius 3 is 2.47 bits per heavy atom. The molecule has 0 radical (unpaired) electrons. The molecule has 0 unspecified atom stereocenters. The molecule has 0 spiro atoms. The molecule has 4 fully saturated rings. The minimum absolute atomic E-state index is 0.132. The highest BCUT2D eigenvalue weighted by molar-refractivity contribution is 7.99. The van der Waals surface area contributed by atoms with Gasteiger partial charge in [-0.3, -0.25) is 4.79 Å². The number of hydrogen-bond donors (Lipinski definition) is 1. The number of fused-ring (bicyclic) bond motifs is 1. The first kappa shape index (κ1) is 24.5. The quantitative estimate of drug-likeness (QED) is 0.293. The van der Waals surface area contributed by atoms with Crippen LogP contribution < -0.4 is 5.32 Å². The molecule has 0 aliphatic heterocycles. The van der Waals surface area contributed by atoms with Crippen molar-refractivity contribution in [2.75, 3.05) is 18.2 Å². The lowest BCUT2D eigenvalue weighted by atomic mass is 9.49. The number of methoxy groups -OCH3 is 1. The molecule has 5 aliphatic carbocycles. The fourth-order valence-corrected chi connectivity index (χ4v) is 9.93. The van der Waals surface area contributed by atoms with E-state index in [1.807, 2.05) is 7.05 Å². The summed E-state index contributed by atoms with van der Waals surface area (Å²) in [6.45, 7) is 0. The minimum atomic E-state index is -0.361. The molecule has 5 aliphatic rings. The number of ether oxygens (including phenoxy) is 1. The lowest BCUT2D eigenvalue weighted by Crippen LogP contribution is -2.47. The fourth-order valence-electron chi connectivity index (χ4n) is 7.91. The molecule has 1 amide bonds. The van der Waals surface area contributed by atoms with Gasteiger partial charge in [0.1, 0.15) is 10.8 Å². The molecular weight excluding hydrogens is 492 g/mol. The van der Waals surface area contributed by atoms with Crippen LogP contribution in [0.4, 0.5) is 5.00 Å². The molecule has 4 saturated carbocycles. The van der Waals surface area contributed by atoms with Gasteiger partial charge in [0.25, 0.3) is 0 Å². The van der Waals surface area contributed by atoms with Gasteiger partial charge in [-0.1, -0.05) is 18.2 Å². The molecule has 36 heavy (non-hydrogen) atoms. The molecule has 7 rings (SSSR count). The molecule has 7 nitrogen and oxygen atoms in total. The molecule has 9 heteroatoms. The van der Waals surface area contributed by atoms with Crippen LogP contribution in [0.1, 0.15) is 84.4 Å². The molecular formula is C27H36N4O3S2. The molecule has 0 atom stereocenters. The normalized spacial score (nSPS) is 28.6. The SMILES string of the molecule is COC(=O)c1c(NC(=O)CSc2nnc(CC34CC5CC(CC(C5)C3)C4)n2C)sc2c1CCCCC2. The second-order valence-electron chi connectivity index (χ2n) is 11.6. The van der Waals surface area contributed by atoms with Gasteiger partial charge in [0, 0.05) is 18.3 Å². The van der Waals surface area contributed by atoms with Crippen LogP contribution in [0.25, 0.3) is 0 Å². The van der Waals surface area contributed by atoms with Crippen LogP contribution in [0.15, 0.2) is 5.16 Å². The van der Waals surface area contributed by atoms with E-state index in [0.29, 0.717) is 16.0 Å². The summed E-state index contributed by atoms with van der Waals surface area (Å²) < 4.78 is 7.15. The van der Waals surface area contributed by atoms with Gasteiger partial charge in [-0.15, -0.1) is 21.5 Å². The van der Waals surface area contributed by atoms with E-state index in [9.17, 15) is 9.59 Å². The van der Waals surface area contributed by atoms with Crippen molar-refractivity contribution in [2.45, 2.75) is 82.2 Å². The second kappa shape index (κ2) is 9.78. The molecule has 2 heterocycles. The number of aryl methyl sites for hydroxylation is 1. The average molecular weight is 529 g/mol. The van der Waals surface area contributed by atoms with Crippen LogP contribution in [0.5, 0.6) is 0 Å². The Kier molecular flexibility index (Phi) is 6.65. The van der Waals surface area contributed by atoms with Gasteiger partial charge in [-0.05, 0) is 92.9 Å². The number of thiophene rings is 1. The second-order valence-corrected chi connectivity index (χ2v) is 13.7. The highest BCUT2D eigenvalue weighted by Crippen LogP contribution is 2.61. The van der Waals surface area contributed by atoms with E-state index in [-0.39, 0.29) is 17.6 Å².